The summed E-state index contributed by atoms with van der Waals surface area (Å²) >= 11 is 0. The molecule has 1 fully saturated rings. The lowest BCUT2D eigenvalue weighted by atomic mass is 9.97. The Labute approximate surface area is 166 Å². The van der Waals surface area contributed by atoms with Gasteiger partial charge in [0.2, 0.25) is 5.91 Å². The Balaban J connectivity index is 1.54. The molecule has 2 aromatic rings. The quantitative estimate of drug-likeness (QED) is 0.726. The van der Waals surface area contributed by atoms with Crippen molar-refractivity contribution in [2.24, 2.45) is 11.7 Å². The number of rotatable bonds is 7. The van der Waals surface area contributed by atoms with Crippen LogP contribution in [0.5, 0.6) is 0 Å². The van der Waals surface area contributed by atoms with Crippen LogP contribution in [0.4, 0.5) is 0 Å². The normalized spacial score (nSPS) is 17.2. The van der Waals surface area contributed by atoms with Crippen molar-refractivity contribution in [2.75, 3.05) is 26.2 Å². The van der Waals surface area contributed by atoms with Crippen molar-refractivity contribution in [1.29, 1.82) is 0 Å². The molecule has 0 aliphatic carbocycles. The van der Waals surface area contributed by atoms with E-state index in [1.54, 1.807) is 0 Å². The van der Waals surface area contributed by atoms with Crippen molar-refractivity contribution in [1.82, 2.24) is 10.2 Å². The number of amides is 2. The second-order valence-electron chi connectivity index (χ2n) is 7.57. The number of piperidine rings is 1. The van der Waals surface area contributed by atoms with Gasteiger partial charge in [0.25, 0.3) is 5.91 Å². The van der Waals surface area contributed by atoms with Gasteiger partial charge in [-0.3, -0.25) is 9.59 Å². The lowest BCUT2D eigenvalue weighted by Gasteiger charge is -2.31. The van der Waals surface area contributed by atoms with Crippen molar-refractivity contribution >= 4 is 11.8 Å². The second kappa shape index (κ2) is 9.51. The molecule has 28 heavy (non-hydrogen) atoms. The molecular formula is C23H29N3O2. The molecule has 1 aliphatic heterocycles. The number of carbonyl (C=O) groups excluding carboxylic acids is 2. The molecule has 5 heteroatoms. The van der Waals surface area contributed by atoms with Gasteiger partial charge in [-0.05, 0) is 56.5 Å². The van der Waals surface area contributed by atoms with Gasteiger partial charge >= 0.3 is 0 Å². The van der Waals surface area contributed by atoms with E-state index in [0.29, 0.717) is 12.1 Å². The molecule has 3 rings (SSSR count). The lowest BCUT2D eigenvalue weighted by Crippen LogP contribution is -2.42. The zero-order chi connectivity index (χ0) is 19.9. The van der Waals surface area contributed by atoms with E-state index in [9.17, 15) is 9.59 Å². The van der Waals surface area contributed by atoms with E-state index >= 15 is 0 Å². The zero-order valence-electron chi connectivity index (χ0n) is 16.5. The molecule has 2 amide bonds. The van der Waals surface area contributed by atoms with Crippen molar-refractivity contribution in [3.8, 4) is 11.1 Å². The first-order chi connectivity index (χ1) is 13.5. The number of carbonyl (C=O) groups is 2. The highest BCUT2D eigenvalue weighted by molar-refractivity contribution is 6.00. The summed E-state index contributed by atoms with van der Waals surface area (Å²) in [4.78, 5) is 26.4. The minimum absolute atomic E-state index is 0.0375. The van der Waals surface area contributed by atoms with Crippen molar-refractivity contribution < 1.29 is 9.59 Å². The molecule has 0 radical (unpaired) electrons. The molecule has 0 bridgehead atoms. The fourth-order valence-electron chi connectivity index (χ4n) is 3.84. The summed E-state index contributed by atoms with van der Waals surface area (Å²) in [5.41, 5.74) is 9.30. The van der Waals surface area contributed by atoms with E-state index in [4.69, 9.17) is 5.73 Å². The van der Waals surface area contributed by atoms with Crippen LogP contribution in [-0.4, -0.2) is 42.9 Å². The maximum absolute atomic E-state index is 12.7. The molecular weight excluding hydrogens is 350 g/mol. The van der Waals surface area contributed by atoms with Crippen LogP contribution in [-0.2, 0) is 4.79 Å². The minimum Gasteiger partial charge on any atom is -0.369 e. The predicted octanol–water partition coefficient (Wildman–Crippen LogP) is 2.98. The van der Waals surface area contributed by atoms with E-state index in [-0.39, 0.29) is 17.7 Å². The molecule has 0 spiro atoms. The number of likely N-dealkylation sites (tertiary alicyclic amines) is 1. The van der Waals surface area contributed by atoms with Gasteiger partial charge in [0.05, 0.1) is 5.92 Å². The molecule has 0 saturated carbocycles. The van der Waals surface area contributed by atoms with Crippen LogP contribution < -0.4 is 11.1 Å². The summed E-state index contributed by atoms with van der Waals surface area (Å²) in [6, 6.07) is 15.9. The standard InChI is InChI=1S/C23H29N3O2/c1-17-7-4-8-18(15-17)20-10-2-3-11-21(20)23(28)25-12-6-14-26-13-5-9-19(16-26)22(24)27/h2-4,7-8,10-11,15,19H,5-6,9,12-14,16H2,1H3,(H2,24,27)(H,25,28)/t19-/m1/s1. The summed E-state index contributed by atoms with van der Waals surface area (Å²) in [6.07, 6.45) is 2.74. The molecule has 148 valence electrons. The van der Waals surface area contributed by atoms with Gasteiger partial charge in [-0.2, -0.15) is 0 Å². The van der Waals surface area contributed by atoms with E-state index in [1.165, 1.54) is 5.56 Å². The van der Waals surface area contributed by atoms with Gasteiger partial charge in [0.1, 0.15) is 0 Å². The van der Waals surface area contributed by atoms with Crippen molar-refractivity contribution in [3.05, 3.63) is 59.7 Å². The zero-order valence-corrected chi connectivity index (χ0v) is 16.5. The molecule has 0 aromatic heterocycles. The number of nitrogens with zero attached hydrogens (tertiary/aromatic N) is 1. The lowest BCUT2D eigenvalue weighted by molar-refractivity contribution is -0.123. The number of nitrogens with one attached hydrogen (secondary N) is 1. The van der Waals surface area contributed by atoms with Crippen LogP contribution in [0.25, 0.3) is 11.1 Å². The molecule has 5 nitrogen and oxygen atoms in total. The van der Waals surface area contributed by atoms with Gasteiger partial charge in [0, 0.05) is 18.7 Å². The first-order valence-electron chi connectivity index (χ1n) is 10.0. The second-order valence-corrected chi connectivity index (χ2v) is 7.57. The smallest absolute Gasteiger partial charge is 0.251 e. The van der Waals surface area contributed by atoms with Gasteiger partial charge in [-0.25, -0.2) is 0 Å². The highest BCUT2D eigenvalue weighted by Gasteiger charge is 2.23. The molecule has 2 aromatic carbocycles. The maximum atomic E-state index is 12.7. The number of hydrogen-bond acceptors (Lipinski definition) is 3. The average Bonchev–Trinajstić information content (AvgIpc) is 2.71. The third kappa shape index (κ3) is 5.20. The average molecular weight is 380 g/mol. The molecule has 1 aliphatic rings. The molecule has 1 heterocycles. The Hall–Kier alpha value is -2.66. The Morgan fingerprint density at radius 3 is 2.79 bits per heavy atom. The molecule has 3 N–H and O–H groups in total. The Morgan fingerprint density at radius 1 is 1.18 bits per heavy atom. The number of benzene rings is 2. The fraction of sp³-hybridized carbons (Fsp3) is 0.391. The Kier molecular flexibility index (Phi) is 6.82. The van der Waals surface area contributed by atoms with Gasteiger partial charge in [0.15, 0.2) is 0 Å². The van der Waals surface area contributed by atoms with E-state index in [1.807, 2.05) is 36.4 Å². The van der Waals surface area contributed by atoms with Gasteiger partial charge < -0.3 is 16.0 Å². The fourth-order valence-corrected chi connectivity index (χ4v) is 3.84. The SMILES string of the molecule is Cc1cccc(-c2ccccc2C(=O)NCCCN2CCC[C@@H](C(N)=O)C2)c1. The maximum Gasteiger partial charge on any atom is 0.251 e. The first kappa shape index (κ1) is 20.1. The summed E-state index contributed by atoms with van der Waals surface area (Å²) < 4.78 is 0. The van der Waals surface area contributed by atoms with Crippen LogP contribution in [0, 0.1) is 12.8 Å². The summed E-state index contributed by atoms with van der Waals surface area (Å²) in [5, 5.41) is 3.04. The van der Waals surface area contributed by atoms with E-state index < -0.39 is 0 Å². The van der Waals surface area contributed by atoms with Crippen molar-refractivity contribution in [2.45, 2.75) is 26.2 Å². The molecule has 1 atom stereocenters. The van der Waals surface area contributed by atoms with Crippen LogP contribution in [0.3, 0.4) is 0 Å². The first-order valence-corrected chi connectivity index (χ1v) is 10.0. The molecule has 0 unspecified atom stereocenters. The van der Waals surface area contributed by atoms with Gasteiger partial charge in [-0.15, -0.1) is 0 Å². The predicted molar refractivity (Wildman–Crippen MR) is 112 cm³/mol. The highest BCUT2D eigenvalue weighted by atomic mass is 16.2. The van der Waals surface area contributed by atoms with Gasteiger partial charge in [-0.1, -0.05) is 48.0 Å². The van der Waals surface area contributed by atoms with Crippen molar-refractivity contribution in [3.63, 3.8) is 0 Å². The van der Waals surface area contributed by atoms with E-state index in [0.717, 1.165) is 50.0 Å². The van der Waals surface area contributed by atoms with Crippen LogP contribution >= 0.6 is 0 Å². The third-order valence-electron chi connectivity index (χ3n) is 5.35. The van der Waals surface area contributed by atoms with Crippen LogP contribution in [0.2, 0.25) is 0 Å². The number of aryl methyl sites for hydroxylation is 1. The topological polar surface area (TPSA) is 75.4 Å². The summed E-state index contributed by atoms with van der Waals surface area (Å²) in [7, 11) is 0. The van der Waals surface area contributed by atoms with E-state index in [2.05, 4.69) is 29.3 Å². The Bertz CT molecular complexity index is 834. The van der Waals surface area contributed by atoms with Crippen LogP contribution in [0.15, 0.2) is 48.5 Å². The Morgan fingerprint density at radius 2 is 2.00 bits per heavy atom. The summed E-state index contributed by atoms with van der Waals surface area (Å²) in [6.45, 7) is 5.26. The van der Waals surface area contributed by atoms with Crippen LogP contribution in [0.1, 0.15) is 35.2 Å². The number of hydrogen-bond donors (Lipinski definition) is 2. The monoisotopic (exact) mass is 379 g/mol. The number of nitrogens with two attached hydrogens (primary N) is 1. The largest absolute Gasteiger partial charge is 0.369 e. The summed E-state index contributed by atoms with van der Waals surface area (Å²) in [5.74, 6) is -0.291. The number of primary amides is 1. The molecule has 1 saturated heterocycles. The minimum atomic E-state index is -0.203. The highest BCUT2D eigenvalue weighted by Crippen LogP contribution is 2.24. The third-order valence-corrected chi connectivity index (χ3v) is 5.35.